The summed E-state index contributed by atoms with van der Waals surface area (Å²) in [6, 6.07) is 17.2. The Kier molecular flexibility index (Phi) is 5.21. The minimum atomic E-state index is -0.115. The average Bonchev–Trinajstić information content (AvgIpc) is 2.53. The highest BCUT2D eigenvalue weighted by Crippen LogP contribution is 2.18. The van der Waals surface area contributed by atoms with Crippen molar-refractivity contribution in [3.8, 4) is 5.75 Å². The van der Waals surface area contributed by atoms with Crippen LogP contribution >= 0.6 is 0 Å². The van der Waals surface area contributed by atoms with E-state index < -0.39 is 0 Å². The second kappa shape index (κ2) is 7.33. The Morgan fingerprint density at radius 3 is 2.48 bits per heavy atom. The number of rotatable bonds is 5. The molecule has 21 heavy (non-hydrogen) atoms. The predicted molar refractivity (Wildman–Crippen MR) is 84.8 cm³/mol. The Labute approximate surface area is 125 Å². The summed E-state index contributed by atoms with van der Waals surface area (Å²) < 4.78 is 5.31. The molecule has 0 aliphatic carbocycles. The fourth-order valence-electron chi connectivity index (χ4n) is 2.04. The number of amides is 2. The van der Waals surface area contributed by atoms with E-state index in [4.69, 9.17) is 4.74 Å². The highest BCUT2D eigenvalue weighted by molar-refractivity contribution is 5.89. The SMILES string of the molecule is COc1ccccc1CCN(C)C(=O)Nc1ccccc1. The largest absolute Gasteiger partial charge is 0.496 e. The van der Waals surface area contributed by atoms with E-state index in [1.165, 1.54) is 0 Å². The summed E-state index contributed by atoms with van der Waals surface area (Å²) in [5.41, 5.74) is 1.89. The van der Waals surface area contributed by atoms with Crippen LogP contribution in [-0.4, -0.2) is 31.6 Å². The van der Waals surface area contributed by atoms with Crippen LogP contribution in [0, 0.1) is 0 Å². The van der Waals surface area contributed by atoms with Gasteiger partial charge in [0.1, 0.15) is 5.75 Å². The summed E-state index contributed by atoms with van der Waals surface area (Å²) in [5.74, 6) is 0.856. The topological polar surface area (TPSA) is 41.6 Å². The number of hydrogen-bond donors (Lipinski definition) is 1. The standard InChI is InChI=1S/C17H20N2O2/c1-19(17(20)18-15-9-4-3-5-10-15)13-12-14-8-6-7-11-16(14)21-2/h3-11H,12-13H2,1-2H3,(H,18,20). The molecule has 2 aromatic carbocycles. The maximum absolute atomic E-state index is 12.1. The molecule has 0 aliphatic heterocycles. The van der Waals surface area contributed by atoms with Gasteiger partial charge in [0.25, 0.3) is 0 Å². The average molecular weight is 284 g/mol. The van der Waals surface area contributed by atoms with Gasteiger partial charge in [-0.1, -0.05) is 36.4 Å². The second-order valence-electron chi connectivity index (χ2n) is 4.78. The third kappa shape index (κ3) is 4.24. The zero-order valence-electron chi connectivity index (χ0n) is 12.4. The van der Waals surface area contributed by atoms with Gasteiger partial charge in [0.15, 0.2) is 0 Å². The van der Waals surface area contributed by atoms with Gasteiger partial charge in [0, 0.05) is 19.3 Å². The molecule has 0 bridgehead atoms. The van der Waals surface area contributed by atoms with Gasteiger partial charge in [-0.05, 0) is 30.2 Å². The third-order valence-electron chi connectivity index (χ3n) is 3.28. The van der Waals surface area contributed by atoms with Gasteiger partial charge in [-0.15, -0.1) is 0 Å². The van der Waals surface area contributed by atoms with Crippen molar-refractivity contribution in [2.24, 2.45) is 0 Å². The molecule has 2 rings (SSSR count). The van der Waals surface area contributed by atoms with Crippen LogP contribution < -0.4 is 10.1 Å². The molecule has 0 aliphatic rings. The molecule has 4 heteroatoms. The molecule has 0 unspecified atom stereocenters. The molecule has 0 heterocycles. The van der Waals surface area contributed by atoms with E-state index in [0.717, 1.165) is 23.4 Å². The number of carbonyl (C=O) groups excluding carboxylic acids is 1. The van der Waals surface area contributed by atoms with E-state index in [9.17, 15) is 4.79 Å². The predicted octanol–water partition coefficient (Wildman–Crippen LogP) is 3.40. The lowest BCUT2D eigenvalue weighted by atomic mass is 10.1. The number of methoxy groups -OCH3 is 1. The van der Waals surface area contributed by atoms with Crippen molar-refractivity contribution in [1.29, 1.82) is 0 Å². The Balaban J connectivity index is 1.89. The van der Waals surface area contributed by atoms with Crippen molar-refractivity contribution in [1.82, 2.24) is 4.90 Å². The van der Waals surface area contributed by atoms with Crippen LogP contribution in [0.15, 0.2) is 54.6 Å². The lowest BCUT2D eigenvalue weighted by Gasteiger charge is -2.18. The fraction of sp³-hybridized carbons (Fsp3) is 0.235. The molecule has 0 saturated carbocycles. The van der Waals surface area contributed by atoms with Crippen LogP contribution in [0.25, 0.3) is 0 Å². The summed E-state index contributed by atoms with van der Waals surface area (Å²) in [5, 5.41) is 2.86. The van der Waals surface area contributed by atoms with Gasteiger partial charge < -0.3 is 15.0 Å². The lowest BCUT2D eigenvalue weighted by Crippen LogP contribution is -2.33. The van der Waals surface area contributed by atoms with Crippen molar-refractivity contribution < 1.29 is 9.53 Å². The summed E-state index contributed by atoms with van der Waals surface area (Å²) in [6.07, 6.45) is 0.753. The molecular weight excluding hydrogens is 264 g/mol. The minimum absolute atomic E-state index is 0.115. The highest BCUT2D eigenvalue weighted by Gasteiger charge is 2.10. The smallest absolute Gasteiger partial charge is 0.321 e. The molecule has 0 atom stereocenters. The molecule has 0 fully saturated rings. The van der Waals surface area contributed by atoms with Gasteiger partial charge in [-0.3, -0.25) is 0 Å². The number of carbonyl (C=O) groups is 1. The minimum Gasteiger partial charge on any atom is -0.496 e. The Bertz CT molecular complexity index is 584. The van der Waals surface area contributed by atoms with E-state index in [-0.39, 0.29) is 6.03 Å². The summed E-state index contributed by atoms with van der Waals surface area (Å²) >= 11 is 0. The molecule has 4 nitrogen and oxygen atoms in total. The van der Waals surface area contributed by atoms with Crippen LogP contribution in [0.1, 0.15) is 5.56 Å². The molecule has 110 valence electrons. The second-order valence-corrected chi connectivity index (χ2v) is 4.78. The van der Waals surface area contributed by atoms with E-state index in [0.29, 0.717) is 6.54 Å². The first-order chi connectivity index (χ1) is 10.2. The monoisotopic (exact) mass is 284 g/mol. The first kappa shape index (κ1) is 14.9. The van der Waals surface area contributed by atoms with E-state index in [1.807, 2.05) is 54.6 Å². The molecule has 0 spiro atoms. The van der Waals surface area contributed by atoms with Crippen molar-refractivity contribution in [2.45, 2.75) is 6.42 Å². The van der Waals surface area contributed by atoms with Crippen LogP contribution in [0.3, 0.4) is 0 Å². The first-order valence-electron chi connectivity index (χ1n) is 6.90. The molecule has 0 aromatic heterocycles. The number of nitrogens with one attached hydrogen (secondary N) is 1. The zero-order valence-corrected chi connectivity index (χ0v) is 12.4. The maximum Gasteiger partial charge on any atom is 0.321 e. The van der Waals surface area contributed by atoms with Gasteiger partial charge in [0.05, 0.1) is 7.11 Å². The van der Waals surface area contributed by atoms with E-state index in [1.54, 1.807) is 19.1 Å². The molecule has 0 radical (unpaired) electrons. The maximum atomic E-state index is 12.1. The summed E-state index contributed by atoms with van der Waals surface area (Å²) in [4.78, 5) is 13.7. The lowest BCUT2D eigenvalue weighted by molar-refractivity contribution is 0.223. The number of benzene rings is 2. The Morgan fingerprint density at radius 2 is 1.76 bits per heavy atom. The van der Waals surface area contributed by atoms with Gasteiger partial charge in [-0.2, -0.15) is 0 Å². The van der Waals surface area contributed by atoms with E-state index >= 15 is 0 Å². The zero-order chi connectivity index (χ0) is 15.1. The number of para-hydroxylation sites is 2. The Hall–Kier alpha value is -2.49. The van der Waals surface area contributed by atoms with Gasteiger partial charge in [0.2, 0.25) is 0 Å². The van der Waals surface area contributed by atoms with Crippen LogP contribution in [-0.2, 0) is 6.42 Å². The quantitative estimate of drug-likeness (QED) is 0.914. The number of likely N-dealkylation sites (N-methyl/N-ethyl adjacent to an activating group) is 1. The van der Waals surface area contributed by atoms with Crippen molar-refractivity contribution >= 4 is 11.7 Å². The highest BCUT2D eigenvalue weighted by atomic mass is 16.5. The van der Waals surface area contributed by atoms with Crippen LogP contribution in [0.2, 0.25) is 0 Å². The van der Waals surface area contributed by atoms with Crippen molar-refractivity contribution in [2.75, 3.05) is 26.0 Å². The number of nitrogens with zero attached hydrogens (tertiary/aromatic N) is 1. The van der Waals surface area contributed by atoms with Crippen molar-refractivity contribution in [3.63, 3.8) is 0 Å². The van der Waals surface area contributed by atoms with E-state index in [2.05, 4.69) is 5.32 Å². The van der Waals surface area contributed by atoms with Gasteiger partial charge >= 0.3 is 6.03 Å². The summed E-state index contributed by atoms with van der Waals surface area (Å²) in [7, 11) is 3.44. The third-order valence-corrected chi connectivity index (χ3v) is 3.28. The molecular formula is C17H20N2O2. The first-order valence-corrected chi connectivity index (χ1v) is 6.90. The fourth-order valence-corrected chi connectivity index (χ4v) is 2.04. The summed E-state index contributed by atoms with van der Waals surface area (Å²) in [6.45, 7) is 0.624. The van der Waals surface area contributed by atoms with Crippen LogP contribution in [0.4, 0.5) is 10.5 Å². The number of ether oxygens (including phenoxy) is 1. The molecule has 2 amide bonds. The molecule has 0 saturated heterocycles. The van der Waals surface area contributed by atoms with Gasteiger partial charge in [-0.25, -0.2) is 4.79 Å². The van der Waals surface area contributed by atoms with Crippen molar-refractivity contribution in [3.05, 3.63) is 60.2 Å². The number of hydrogen-bond acceptors (Lipinski definition) is 2. The van der Waals surface area contributed by atoms with Crippen LogP contribution in [0.5, 0.6) is 5.75 Å². The molecule has 2 aromatic rings. The normalized spacial score (nSPS) is 10.0. The molecule has 1 N–H and O–H groups in total. The Morgan fingerprint density at radius 1 is 1.10 bits per heavy atom. The number of anilines is 1. The number of urea groups is 1.